The van der Waals surface area contributed by atoms with Gasteiger partial charge in [-0.3, -0.25) is 4.79 Å². The number of rotatable bonds is 2. The first-order chi connectivity index (χ1) is 11.3. The molecule has 0 saturated carbocycles. The molecule has 7 nitrogen and oxygen atoms in total. The van der Waals surface area contributed by atoms with E-state index in [-0.39, 0.29) is 17.4 Å². The third kappa shape index (κ3) is 3.07. The average Bonchev–Trinajstić information content (AvgIpc) is 2.97. The van der Waals surface area contributed by atoms with Crippen molar-refractivity contribution in [2.24, 2.45) is 5.92 Å². The van der Waals surface area contributed by atoms with Crippen molar-refractivity contribution in [1.29, 1.82) is 0 Å². The van der Waals surface area contributed by atoms with Crippen molar-refractivity contribution in [2.45, 2.75) is 40.2 Å². The van der Waals surface area contributed by atoms with Gasteiger partial charge in [-0.1, -0.05) is 13.8 Å². The first-order valence-corrected chi connectivity index (χ1v) is 8.52. The van der Waals surface area contributed by atoms with Gasteiger partial charge in [0.15, 0.2) is 5.65 Å². The van der Waals surface area contributed by atoms with Crippen LogP contribution in [0.4, 0.5) is 5.95 Å². The van der Waals surface area contributed by atoms with E-state index in [1.807, 2.05) is 35.8 Å². The number of aromatic nitrogens is 4. The standard InChI is InChI=1S/C17H26N6O/c1-12(2)15(24)21-6-8-22(9-7-21)16-18-10-13-11-19-23(14(13)20-16)17(3,4)5/h10-12H,6-9H2,1-5H3. The monoisotopic (exact) mass is 330 g/mol. The molecule has 7 heteroatoms. The molecular formula is C17H26N6O. The molecule has 0 radical (unpaired) electrons. The summed E-state index contributed by atoms with van der Waals surface area (Å²) in [5, 5.41) is 5.40. The summed E-state index contributed by atoms with van der Waals surface area (Å²) in [5.74, 6) is 0.979. The lowest BCUT2D eigenvalue weighted by atomic mass is 10.1. The van der Waals surface area contributed by atoms with E-state index in [1.54, 1.807) is 0 Å². The minimum absolute atomic E-state index is 0.0466. The smallest absolute Gasteiger partial charge is 0.227 e. The van der Waals surface area contributed by atoms with E-state index in [4.69, 9.17) is 4.98 Å². The highest BCUT2D eigenvalue weighted by molar-refractivity contribution is 5.78. The van der Waals surface area contributed by atoms with Crippen LogP contribution in [-0.2, 0) is 10.3 Å². The van der Waals surface area contributed by atoms with Crippen LogP contribution < -0.4 is 4.90 Å². The zero-order valence-electron chi connectivity index (χ0n) is 15.2. The van der Waals surface area contributed by atoms with E-state index < -0.39 is 0 Å². The van der Waals surface area contributed by atoms with Gasteiger partial charge in [-0.05, 0) is 20.8 Å². The summed E-state index contributed by atoms with van der Waals surface area (Å²) in [6.45, 7) is 13.2. The fraction of sp³-hybridized carbons (Fsp3) is 0.647. The Hall–Kier alpha value is -2.18. The number of anilines is 1. The predicted octanol–water partition coefficient (Wildman–Crippen LogP) is 1.89. The zero-order chi connectivity index (χ0) is 17.5. The molecule has 3 heterocycles. The molecular weight excluding hydrogens is 304 g/mol. The zero-order valence-corrected chi connectivity index (χ0v) is 15.2. The Labute approximate surface area is 142 Å². The summed E-state index contributed by atoms with van der Waals surface area (Å²) in [6.07, 6.45) is 3.64. The van der Waals surface area contributed by atoms with Crippen molar-refractivity contribution >= 4 is 22.9 Å². The number of hydrogen-bond acceptors (Lipinski definition) is 5. The minimum Gasteiger partial charge on any atom is -0.339 e. The van der Waals surface area contributed by atoms with Gasteiger partial charge in [0.05, 0.1) is 17.1 Å². The van der Waals surface area contributed by atoms with E-state index in [2.05, 4.69) is 35.8 Å². The van der Waals surface area contributed by atoms with Crippen molar-refractivity contribution in [1.82, 2.24) is 24.6 Å². The summed E-state index contributed by atoms with van der Waals surface area (Å²) in [5.41, 5.74) is 0.726. The van der Waals surface area contributed by atoms with E-state index in [9.17, 15) is 4.79 Å². The molecule has 130 valence electrons. The van der Waals surface area contributed by atoms with Crippen molar-refractivity contribution in [2.75, 3.05) is 31.1 Å². The molecule has 1 aliphatic rings. The van der Waals surface area contributed by atoms with E-state index in [1.165, 1.54) is 0 Å². The highest BCUT2D eigenvalue weighted by atomic mass is 16.2. The first-order valence-electron chi connectivity index (χ1n) is 8.52. The lowest BCUT2D eigenvalue weighted by molar-refractivity contribution is -0.134. The molecule has 1 fully saturated rings. The van der Waals surface area contributed by atoms with Crippen LogP contribution >= 0.6 is 0 Å². The number of hydrogen-bond donors (Lipinski definition) is 0. The maximum Gasteiger partial charge on any atom is 0.227 e. The third-order valence-electron chi connectivity index (χ3n) is 4.30. The number of carbonyl (C=O) groups is 1. The van der Waals surface area contributed by atoms with Gasteiger partial charge in [0, 0.05) is 38.3 Å². The number of nitrogens with zero attached hydrogens (tertiary/aromatic N) is 6. The molecule has 0 aliphatic carbocycles. The van der Waals surface area contributed by atoms with Gasteiger partial charge in [0.2, 0.25) is 11.9 Å². The Kier molecular flexibility index (Phi) is 4.19. The van der Waals surface area contributed by atoms with Crippen LogP contribution in [-0.4, -0.2) is 56.7 Å². The Bertz CT molecular complexity index is 737. The summed E-state index contributed by atoms with van der Waals surface area (Å²) < 4.78 is 1.94. The van der Waals surface area contributed by atoms with Gasteiger partial charge in [0.25, 0.3) is 0 Å². The molecule has 2 aromatic rings. The lowest BCUT2D eigenvalue weighted by Gasteiger charge is -2.35. The maximum atomic E-state index is 12.1. The van der Waals surface area contributed by atoms with Crippen molar-refractivity contribution < 1.29 is 4.79 Å². The molecule has 0 bridgehead atoms. The Balaban J connectivity index is 1.80. The molecule has 1 amide bonds. The van der Waals surface area contributed by atoms with Crippen molar-refractivity contribution in [3.8, 4) is 0 Å². The van der Waals surface area contributed by atoms with Crippen LogP contribution in [0.3, 0.4) is 0 Å². The fourth-order valence-corrected chi connectivity index (χ4v) is 2.94. The lowest BCUT2D eigenvalue weighted by Crippen LogP contribution is -2.50. The second-order valence-corrected chi connectivity index (χ2v) is 7.64. The topological polar surface area (TPSA) is 67.2 Å². The largest absolute Gasteiger partial charge is 0.339 e. The van der Waals surface area contributed by atoms with Gasteiger partial charge in [-0.25, -0.2) is 9.67 Å². The third-order valence-corrected chi connectivity index (χ3v) is 4.30. The maximum absolute atomic E-state index is 12.1. The van der Waals surface area contributed by atoms with E-state index >= 15 is 0 Å². The van der Waals surface area contributed by atoms with E-state index in [0.717, 1.165) is 37.2 Å². The minimum atomic E-state index is -0.129. The van der Waals surface area contributed by atoms with Crippen LogP contribution in [0.15, 0.2) is 12.4 Å². The molecule has 1 saturated heterocycles. The molecule has 0 spiro atoms. The molecule has 1 aliphatic heterocycles. The van der Waals surface area contributed by atoms with Gasteiger partial charge in [0.1, 0.15) is 0 Å². The number of amides is 1. The van der Waals surface area contributed by atoms with Crippen LogP contribution in [0.25, 0.3) is 11.0 Å². The number of fused-ring (bicyclic) bond motifs is 1. The molecule has 0 unspecified atom stereocenters. The molecule has 24 heavy (non-hydrogen) atoms. The van der Waals surface area contributed by atoms with E-state index in [0.29, 0.717) is 5.95 Å². The van der Waals surface area contributed by atoms with Gasteiger partial charge >= 0.3 is 0 Å². The quantitative estimate of drug-likeness (QED) is 0.841. The molecule has 3 rings (SSSR count). The van der Waals surface area contributed by atoms with Crippen molar-refractivity contribution in [3.63, 3.8) is 0 Å². The van der Waals surface area contributed by atoms with Crippen LogP contribution in [0.1, 0.15) is 34.6 Å². The Morgan fingerprint density at radius 3 is 2.38 bits per heavy atom. The van der Waals surface area contributed by atoms with Crippen molar-refractivity contribution in [3.05, 3.63) is 12.4 Å². The van der Waals surface area contributed by atoms with Gasteiger partial charge in [-0.2, -0.15) is 10.1 Å². The van der Waals surface area contributed by atoms with Gasteiger partial charge < -0.3 is 9.80 Å². The summed E-state index contributed by atoms with van der Waals surface area (Å²) in [4.78, 5) is 25.4. The van der Waals surface area contributed by atoms with Gasteiger partial charge in [-0.15, -0.1) is 0 Å². The highest BCUT2D eigenvalue weighted by Crippen LogP contribution is 2.22. The molecule has 0 N–H and O–H groups in total. The SMILES string of the molecule is CC(C)C(=O)N1CCN(c2ncc3cnn(C(C)(C)C)c3n2)CC1. The predicted molar refractivity (Wildman–Crippen MR) is 94.0 cm³/mol. The first kappa shape index (κ1) is 16.7. The average molecular weight is 330 g/mol. The summed E-state index contributed by atoms with van der Waals surface area (Å²) >= 11 is 0. The molecule has 2 aromatic heterocycles. The second-order valence-electron chi connectivity index (χ2n) is 7.64. The molecule has 0 atom stereocenters. The summed E-state index contributed by atoms with van der Waals surface area (Å²) in [6, 6.07) is 0. The Morgan fingerprint density at radius 2 is 1.79 bits per heavy atom. The number of carbonyl (C=O) groups excluding carboxylic acids is 1. The second kappa shape index (κ2) is 6.03. The summed E-state index contributed by atoms with van der Waals surface area (Å²) in [7, 11) is 0. The fourth-order valence-electron chi connectivity index (χ4n) is 2.94. The highest BCUT2D eigenvalue weighted by Gasteiger charge is 2.25. The van der Waals surface area contributed by atoms with Crippen LogP contribution in [0.5, 0.6) is 0 Å². The van der Waals surface area contributed by atoms with Crippen LogP contribution in [0.2, 0.25) is 0 Å². The normalized spacial score (nSPS) is 16.2. The van der Waals surface area contributed by atoms with Crippen LogP contribution in [0, 0.1) is 5.92 Å². The Morgan fingerprint density at radius 1 is 1.12 bits per heavy atom. The molecule has 0 aromatic carbocycles. The number of piperazine rings is 1.